The van der Waals surface area contributed by atoms with Crippen LogP contribution in [0.4, 0.5) is 5.69 Å². The topological polar surface area (TPSA) is 68.4 Å². The number of aliphatic hydroxyl groups is 1. The van der Waals surface area contributed by atoms with Crippen LogP contribution in [0.15, 0.2) is 42.6 Å². The maximum Gasteiger partial charge on any atom is 0.243 e. The summed E-state index contributed by atoms with van der Waals surface area (Å²) >= 11 is 0. The van der Waals surface area contributed by atoms with Gasteiger partial charge in [-0.15, -0.1) is 6.58 Å². The second-order valence-corrected chi connectivity index (χ2v) is 10.5. The molecule has 5 heteroatoms. The number of aromatic nitrogens is 1. The van der Waals surface area contributed by atoms with Gasteiger partial charge < -0.3 is 20.3 Å². The van der Waals surface area contributed by atoms with E-state index in [1.807, 2.05) is 13.2 Å². The number of carbonyl (C=O) groups is 1. The highest BCUT2D eigenvalue weighted by Crippen LogP contribution is 2.41. The van der Waals surface area contributed by atoms with Gasteiger partial charge in [-0.1, -0.05) is 44.6 Å². The Labute approximate surface area is 199 Å². The summed E-state index contributed by atoms with van der Waals surface area (Å²) in [6, 6.07) is 3.76. The van der Waals surface area contributed by atoms with Gasteiger partial charge in [0.1, 0.15) is 6.04 Å². The number of hydrogen-bond donors (Lipinski definition) is 3. The SMILES string of the molecule is C=C[C@@](C)(CCC=C(C)C)c1ccc2c3c(c[nH]c13)C[C@@H](CO)NC(=O)[C@H](CC(C)C)N2C. The fraction of sp³-hybridized carbons (Fsp3) is 0.536. The molecule has 1 aliphatic rings. The second kappa shape index (κ2) is 10.2. The maximum absolute atomic E-state index is 13.2. The third kappa shape index (κ3) is 5.19. The number of nitrogens with zero attached hydrogens (tertiary/aromatic N) is 1. The van der Waals surface area contributed by atoms with Crippen molar-refractivity contribution in [1.82, 2.24) is 10.3 Å². The number of H-pyrrole nitrogens is 1. The van der Waals surface area contributed by atoms with Crippen molar-refractivity contribution in [3.05, 3.63) is 53.8 Å². The van der Waals surface area contributed by atoms with Gasteiger partial charge in [0.25, 0.3) is 0 Å². The molecule has 1 aliphatic heterocycles. The number of aliphatic hydroxyl groups excluding tert-OH is 1. The molecular formula is C28H41N3O2. The lowest BCUT2D eigenvalue weighted by molar-refractivity contribution is -0.123. The van der Waals surface area contributed by atoms with Crippen molar-refractivity contribution in [2.24, 2.45) is 5.92 Å². The molecule has 5 nitrogen and oxygen atoms in total. The van der Waals surface area contributed by atoms with Crippen LogP contribution in [0, 0.1) is 5.92 Å². The number of allylic oxidation sites excluding steroid dienone is 3. The standard InChI is InChI=1S/C28H41N3O2/c1-8-28(6,13-9-10-18(2)3)22-11-12-23-25-20(16-29-26(22)25)15-21(17-32)30-27(33)24(31(23)7)14-19(4)5/h8,10-12,16,19,21,24,29,32H,1,9,13-15,17H2,2-7H3,(H,30,33)/t21-,24-,28-/m0/s1. The molecular weight excluding hydrogens is 410 g/mol. The van der Waals surface area contributed by atoms with Crippen molar-refractivity contribution in [3.8, 4) is 0 Å². The minimum absolute atomic E-state index is 0.0192. The molecule has 2 heterocycles. The fourth-order valence-corrected chi connectivity index (χ4v) is 5.02. The Morgan fingerprint density at radius 1 is 1.36 bits per heavy atom. The Morgan fingerprint density at radius 3 is 2.70 bits per heavy atom. The zero-order valence-electron chi connectivity index (χ0n) is 21.2. The predicted molar refractivity (Wildman–Crippen MR) is 139 cm³/mol. The number of amides is 1. The Morgan fingerprint density at radius 2 is 2.09 bits per heavy atom. The molecule has 33 heavy (non-hydrogen) atoms. The van der Waals surface area contributed by atoms with Gasteiger partial charge in [0.05, 0.1) is 18.2 Å². The number of anilines is 1. The zero-order valence-corrected chi connectivity index (χ0v) is 21.2. The molecule has 1 aromatic carbocycles. The van der Waals surface area contributed by atoms with Crippen LogP contribution in [0.2, 0.25) is 0 Å². The summed E-state index contributed by atoms with van der Waals surface area (Å²) in [6.07, 6.45) is 9.68. The van der Waals surface area contributed by atoms with Crippen molar-refractivity contribution in [1.29, 1.82) is 0 Å². The average molecular weight is 452 g/mol. The maximum atomic E-state index is 13.2. The van der Waals surface area contributed by atoms with Crippen LogP contribution >= 0.6 is 0 Å². The summed E-state index contributed by atoms with van der Waals surface area (Å²) in [6.45, 7) is 14.9. The minimum atomic E-state index is -0.308. The molecule has 2 aromatic rings. The first-order chi connectivity index (χ1) is 15.6. The molecule has 0 bridgehead atoms. The van der Waals surface area contributed by atoms with E-state index in [1.54, 1.807) is 0 Å². The summed E-state index contributed by atoms with van der Waals surface area (Å²) in [5.74, 6) is 0.352. The molecule has 1 aromatic heterocycles. The minimum Gasteiger partial charge on any atom is -0.394 e. The Bertz CT molecular complexity index is 1030. The van der Waals surface area contributed by atoms with Crippen LogP contribution in [-0.2, 0) is 16.6 Å². The Kier molecular flexibility index (Phi) is 7.73. The van der Waals surface area contributed by atoms with Crippen LogP contribution in [0.1, 0.15) is 65.0 Å². The molecule has 0 unspecified atom stereocenters. The average Bonchev–Trinajstić information content (AvgIpc) is 3.19. The number of likely N-dealkylation sites (N-methyl/N-ethyl adjacent to an activating group) is 1. The number of nitrogens with one attached hydrogen (secondary N) is 2. The highest BCUT2D eigenvalue weighted by atomic mass is 16.3. The van der Waals surface area contributed by atoms with E-state index in [0.717, 1.165) is 41.4 Å². The van der Waals surface area contributed by atoms with Gasteiger partial charge in [0.15, 0.2) is 0 Å². The van der Waals surface area contributed by atoms with E-state index in [2.05, 4.69) is 80.7 Å². The molecule has 0 aliphatic carbocycles. The van der Waals surface area contributed by atoms with Crippen LogP contribution in [0.25, 0.3) is 10.9 Å². The molecule has 3 N–H and O–H groups in total. The molecule has 0 saturated heterocycles. The molecule has 180 valence electrons. The summed E-state index contributed by atoms with van der Waals surface area (Å²) in [5, 5.41) is 14.2. The van der Waals surface area contributed by atoms with E-state index in [9.17, 15) is 9.90 Å². The lowest BCUT2D eigenvalue weighted by atomic mass is 9.77. The first kappa shape index (κ1) is 25.1. The van der Waals surface area contributed by atoms with E-state index in [1.165, 1.54) is 11.1 Å². The molecule has 0 spiro atoms. The smallest absolute Gasteiger partial charge is 0.243 e. The number of carbonyl (C=O) groups excluding carboxylic acids is 1. The molecule has 1 amide bonds. The van der Waals surface area contributed by atoms with Gasteiger partial charge in [-0.05, 0) is 62.6 Å². The Balaban J connectivity index is 2.18. The van der Waals surface area contributed by atoms with Crippen LogP contribution in [-0.4, -0.2) is 41.7 Å². The summed E-state index contributed by atoms with van der Waals surface area (Å²) in [4.78, 5) is 18.9. The molecule has 0 radical (unpaired) electrons. The zero-order chi connectivity index (χ0) is 24.3. The monoisotopic (exact) mass is 451 g/mol. The lowest BCUT2D eigenvalue weighted by Crippen LogP contribution is -2.50. The normalized spacial score (nSPS) is 20.6. The largest absolute Gasteiger partial charge is 0.394 e. The highest BCUT2D eigenvalue weighted by molar-refractivity contribution is 6.00. The lowest BCUT2D eigenvalue weighted by Gasteiger charge is -2.32. The van der Waals surface area contributed by atoms with Gasteiger partial charge in [-0.2, -0.15) is 0 Å². The van der Waals surface area contributed by atoms with E-state index in [4.69, 9.17) is 0 Å². The van der Waals surface area contributed by atoms with Crippen molar-refractivity contribution in [2.75, 3.05) is 18.6 Å². The van der Waals surface area contributed by atoms with Gasteiger partial charge in [-0.3, -0.25) is 4.79 Å². The molecule has 0 fully saturated rings. The number of benzene rings is 1. The van der Waals surface area contributed by atoms with Crippen LogP contribution in [0.3, 0.4) is 0 Å². The summed E-state index contributed by atoms with van der Waals surface area (Å²) in [7, 11) is 2.01. The molecule has 3 atom stereocenters. The number of hydrogen-bond acceptors (Lipinski definition) is 3. The van der Waals surface area contributed by atoms with Crippen molar-refractivity contribution < 1.29 is 9.90 Å². The number of aromatic amines is 1. The number of rotatable bonds is 8. The van der Waals surface area contributed by atoms with Gasteiger partial charge in [0.2, 0.25) is 5.91 Å². The first-order valence-electron chi connectivity index (χ1n) is 12.2. The van der Waals surface area contributed by atoms with Crippen molar-refractivity contribution in [2.45, 2.75) is 77.8 Å². The van der Waals surface area contributed by atoms with E-state index in [-0.39, 0.29) is 30.0 Å². The van der Waals surface area contributed by atoms with E-state index < -0.39 is 0 Å². The first-order valence-corrected chi connectivity index (χ1v) is 12.2. The van der Waals surface area contributed by atoms with Gasteiger partial charge in [0, 0.05) is 29.7 Å². The third-order valence-corrected chi connectivity index (χ3v) is 7.06. The van der Waals surface area contributed by atoms with Gasteiger partial charge in [-0.25, -0.2) is 0 Å². The molecule has 3 rings (SSSR count). The summed E-state index contributed by atoms with van der Waals surface area (Å²) < 4.78 is 0. The van der Waals surface area contributed by atoms with Crippen LogP contribution < -0.4 is 10.2 Å². The van der Waals surface area contributed by atoms with Crippen molar-refractivity contribution >= 4 is 22.5 Å². The van der Waals surface area contributed by atoms with E-state index >= 15 is 0 Å². The predicted octanol–water partition coefficient (Wildman–Crippen LogP) is 5.24. The van der Waals surface area contributed by atoms with Gasteiger partial charge >= 0.3 is 0 Å². The Hall–Kier alpha value is -2.53. The van der Waals surface area contributed by atoms with E-state index in [0.29, 0.717) is 12.3 Å². The quantitative estimate of drug-likeness (QED) is 0.481. The van der Waals surface area contributed by atoms with Crippen molar-refractivity contribution in [3.63, 3.8) is 0 Å². The highest BCUT2D eigenvalue weighted by Gasteiger charge is 2.33. The molecule has 0 saturated carbocycles. The fourth-order valence-electron chi connectivity index (χ4n) is 5.02. The summed E-state index contributed by atoms with van der Waals surface area (Å²) in [5.41, 5.74) is 5.63. The van der Waals surface area contributed by atoms with Crippen LogP contribution in [0.5, 0.6) is 0 Å². The second-order valence-electron chi connectivity index (χ2n) is 10.5. The third-order valence-electron chi connectivity index (χ3n) is 7.06.